The third-order valence-electron chi connectivity index (χ3n) is 3.04. The Balaban J connectivity index is 4.53. The second-order valence-electron chi connectivity index (χ2n) is 3.87. The van der Waals surface area contributed by atoms with Crippen LogP contribution >= 0.6 is 0 Å². The maximum absolute atomic E-state index is 9.45. The van der Waals surface area contributed by atoms with Gasteiger partial charge >= 0.3 is 0 Å². The van der Waals surface area contributed by atoms with Gasteiger partial charge in [-0.15, -0.1) is 0 Å². The summed E-state index contributed by atoms with van der Waals surface area (Å²) in [5.74, 6) is 0.280. The van der Waals surface area contributed by atoms with E-state index in [9.17, 15) is 10.2 Å². The maximum Gasteiger partial charge on any atom is 0.0592 e. The van der Waals surface area contributed by atoms with Gasteiger partial charge in [0.25, 0.3) is 0 Å². The molecule has 0 fully saturated rings. The van der Waals surface area contributed by atoms with E-state index < -0.39 is 12.2 Å². The molecule has 0 saturated heterocycles. The first-order valence-corrected chi connectivity index (χ1v) is 4.19. The zero-order chi connectivity index (χ0) is 9.23. The molecule has 0 heterocycles. The van der Waals surface area contributed by atoms with Crippen molar-refractivity contribution in [3.05, 3.63) is 0 Å². The van der Waals surface area contributed by atoms with E-state index in [4.69, 9.17) is 0 Å². The van der Waals surface area contributed by atoms with E-state index in [0.717, 1.165) is 0 Å². The zero-order valence-electron chi connectivity index (χ0n) is 8.13. The summed E-state index contributed by atoms with van der Waals surface area (Å²) >= 11 is 0. The first-order valence-electron chi connectivity index (χ1n) is 4.19. The van der Waals surface area contributed by atoms with E-state index in [1.165, 1.54) is 0 Å². The Kier molecular flexibility index (Phi) is 3.52. The second kappa shape index (κ2) is 3.55. The Bertz CT molecular complexity index is 95.0. The minimum atomic E-state index is -0.470. The van der Waals surface area contributed by atoms with Crippen molar-refractivity contribution in [2.45, 2.75) is 46.8 Å². The Morgan fingerprint density at radius 1 is 0.909 bits per heavy atom. The van der Waals surface area contributed by atoms with Gasteiger partial charge in [0.05, 0.1) is 12.2 Å². The first kappa shape index (κ1) is 10.9. The van der Waals surface area contributed by atoms with Crippen LogP contribution in [0.5, 0.6) is 0 Å². The van der Waals surface area contributed by atoms with Crippen molar-refractivity contribution in [3.63, 3.8) is 0 Å². The van der Waals surface area contributed by atoms with Gasteiger partial charge in [-0.25, -0.2) is 0 Å². The summed E-state index contributed by atoms with van der Waals surface area (Å²) in [5.41, 5.74) is -0.389. The molecule has 68 valence electrons. The summed E-state index contributed by atoms with van der Waals surface area (Å²) in [5, 5.41) is 18.9. The van der Waals surface area contributed by atoms with Gasteiger partial charge in [0.2, 0.25) is 0 Å². The quantitative estimate of drug-likeness (QED) is 0.655. The van der Waals surface area contributed by atoms with E-state index >= 15 is 0 Å². The van der Waals surface area contributed by atoms with Crippen LogP contribution in [-0.4, -0.2) is 22.4 Å². The van der Waals surface area contributed by atoms with E-state index in [1.807, 2.05) is 20.8 Å². The van der Waals surface area contributed by atoms with Crippen molar-refractivity contribution in [3.8, 4) is 0 Å². The predicted octanol–water partition coefficient (Wildman–Crippen LogP) is 1.41. The van der Waals surface area contributed by atoms with Crippen molar-refractivity contribution in [2.24, 2.45) is 11.3 Å². The van der Waals surface area contributed by atoms with Crippen molar-refractivity contribution >= 4 is 0 Å². The molecule has 0 aliphatic heterocycles. The molecule has 0 aromatic rings. The molecular weight excluding hydrogens is 140 g/mol. The summed E-state index contributed by atoms with van der Waals surface area (Å²) in [6, 6.07) is 0. The Hall–Kier alpha value is -0.0800. The van der Waals surface area contributed by atoms with Gasteiger partial charge in [-0.05, 0) is 19.8 Å². The SMILES string of the molecule is CC(C)C(C)(C(C)O)C(C)O. The van der Waals surface area contributed by atoms with Crippen LogP contribution in [0.1, 0.15) is 34.6 Å². The van der Waals surface area contributed by atoms with Crippen LogP contribution in [0.4, 0.5) is 0 Å². The first-order chi connectivity index (χ1) is 4.83. The van der Waals surface area contributed by atoms with Crippen molar-refractivity contribution < 1.29 is 10.2 Å². The number of aliphatic hydroxyl groups excluding tert-OH is 2. The standard InChI is InChI=1S/C9H20O2/c1-6(2)9(5,7(3)10)8(4)11/h6-8,10-11H,1-5H3. The normalized spacial score (nSPS) is 22.9. The molecule has 0 aromatic heterocycles. The minimum Gasteiger partial charge on any atom is -0.393 e. The lowest BCUT2D eigenvalue weighted by Crippen LogP contribution is -2.44. The highest BCUT2D eigenvalue weighted by Crippen LogP contribution is 2.34. The van der Waals surface area contributed by atoms with Gasteiger partial charge in [-0.1, -0.05) is 20.8 Å². The molecule has 2 atom stereocenters. The number of hydrogen-bond donors (Lipinski definition) is 2. The summed E-state index contributed by atoms with van der Waals surface area (Å²) in [6.45, 7) is 9.39. The molecule has 2 unspecified atom stereocenters. The topological polar surface area (TPSA) is 40.5 Å². The average Bonchev–Trinajstić information content (AvgIpc) is 1.84. The summed E-state index contributed by atoms with van der Waals surface area (Å²) in [4.78, 5) is 0. The molecule has 0 spiro atoms. The van der Waals surface area contributed by atoms with Crippen molar-refractivity contribution in [1.82, 2.24) is 0 Å². The van der Waals surface area contributed by atoms with Gasteiger partial charge < -0.3 is 10.2 Å². The molecule has 0 aliphatic rings. The Morgan fingerprint density at radius 3 is 1.18 bits per heavy atom. The summed E-state index contributed by atoms with van der Waals surface area (Å²) in [7, 11) is 0. The van der Waals surface area contributed by atoms with E-state index in [-0.39, 0.29) is 11.3 Å². The second-order valence-corrected chi connectivity index (χ2v) is 3.87. The van der Waals surface area contributed by atoms with Crippen molar-refractivity contribution in [1.29, 1.82) is 0 Å². The molecule has 0 amide bonds. The zero-order valence-corrected chi connectivity index (χ0v) is 8.13. The highest BCUT2D eigenvalue weighted by atomic mass is 16.3. The van der Waals surface area contributed by atoms with Crippen molar-refractivity contribution in [2.75, 3.05) is 0 Å². The molecular formula is C9H20O2. The van der Waals surface area contributed by atoms with Gasteiger partial charge in [-0.2, -0.15) is 0 Å². The van der Waals surface area contributed by atoms with Crippen LogP contribution in [0, 0.1) is 11.3 Å². The summed E-state index contributed by atoms with van der Waals surface area (Å²) in [6.07, 6.45) is -0.940. The van der Waals surface area contributed by atoms with Crippen LogP contribution in [-0.2, 0) is 0 Å². The van der Waals surface area contributed by atoms with Crippen LogP contribution in [0.3, 0.4) is 0 Å². The highest BCUT2D eigenvalue weighted by molar-refractivity contribution is 4.87. The molecule has 0 radical (unpaired) electrons. The van der Waals surface area contributed by atoms with Gasteiger partial charge in [0, 0.05) is 5.41 Å². The van der Waals surface area contributed by atoms with Gasteiger partial charge in [-0.3, -0.25) is 0 Å². The number of aliphatic hydroxyl groups is 2. The predicted molar refractivity (Wildman–Crippen MR) is 46.3 cm³/mol. The maximum atomic E-state index is 9.45. The third kappa shape index (κ3) is 1.94. The van der Waals surface area contributed by atoms with Crippen LogP contribution in [0.2, 0.25) is 0 Å². The third-order valence-corrected chi connectivity index (χ3v) is 3.04. The van der Waals surface area contributed by atoms with E-state index in [1.54, 1.807) is 13.8 Å². The lowest BCUT2D eigenvalue weighted by atomic mass is 9.71. The molecule has 2 heteroatoms. The molecule has 11 heavy (non-hydrogen) atoms. The van der Waals surface area contributed by atoms with E-state index in [0.29, 0.717) is 0 Å². The fourth-order valence-electron chi connectivity index (χ4n) is 1.31. The molecule has 0 bridgehead atoms. The smallest absolute Gasteiger partial charge is 0.0592 e. The summed E-state index contributed by atoms with van der Waals surface area (Å²) < 4.78 is 0. The largest absolute Gasteiger partial charge is 0.393 e. The van der Waals surface area contributed by atoms with Gasteiger partial charge in [0.1, 0.15) is 0 Å². The molecule has 2 nitrogen and oxygen atoms in total. The Morgan fingerprint density at radius 2 is 1.18 bits per heavy atom. The minimum absolute atomic E-state index is 0.280. The fraction of sp³-hybridized carbons (Fsp3) is 1.00. The van der Waals surface area contributed by atoms with E-state index in [2.05, 4.69) is 0 Å². The Labute approximate surface area is 69.2 Å². The van der Waals surface area contributed by atoms with Crippen LogP contribution < -0.4 is 0 Å². The molecule has 0 saturated carbocycles. The highest BCUT2D eigenvalue weighted by Gasteiger charge is 2.37. The molecule has 0 aromatic carbocycles. The number of rotatable bonds is 3. The lowest BCUT2D eigenvalue weighted by Gasteiger charge is -2.39. The monoisotopic (exact) mass is 160 g/mol. The van der Waals surface area contributed by atoms with Crippen LogP contribution in [0.25, 0.3) is 0 Å². The van der Waals surface area contributed by atoms with Crippen LogP contribution in [0.15, 0.2) is 0 Å². The average molecular weight is 160 g/mol. The lowest BCUT2D eigenvalue weighted by molar-refractivity contribution is -0.0711. The van der Waals surface area contributed by atoms with Gasteiger partial charge in [0.15, 0.2) is 0 Å². The molecule has 2 N–H and O–H groups in total. The molecule has 0 aliphatic carbocycles. The molecule has 0 rings (SSSR count). The fourth-order valence-corrected chi connectivity index (χ4v) is 1.31. The number of hydrogen-bond acceptors (Lipinski definition) is 2.